The Morgan fingerprint density at radius 1 is 1.43 bits per heavy atom. The fourth-order valence-electron chi connectivity index (χ4n) is 1.26. The first-order valence-electron chi connectivity index (χ1n) is 3.98. The predicted molar refractivity (Wildman–Crippen MR) is 59.9 cm³/mol. The third-order valence-electron chi connectivity index (χ3n) is 1.95. The van der Waals surface area contributed by atoms with Crippen LogP contribution < -0.4 is 5.63 Å². The first kappa shape index (κ1) is 9.74. The highest BCUT2D eigenvalue weighted by Gasteiger charge is 2.09. The Balaban J connectivity index is 2.99. The summed E-state index contributed by atoms with van der Waals surface area (Å²) < 4.78 is 5.32. The van der Waals surface area contributed by atoms with E-state index in [1.165, 1.54) is 0 Å². The highest BCUT2D eigenvalue weighted by atomic mass is 79.9. The van der Waals surface area contributed by atoms with Gasteiger partial charge in [-0.2, -0.15) is 0 Å². The summed E-state index contributed by atoms with van der Waals surface area (Å²) in [7, 11) is 0. The Labute approximate surface area is 93.6 Å². The van der Waals surface area contributed by atoms with Gasteiger partial charge in [-0.05, 0) is 35.0 Å². The standard InChI is InChI=1S/C10H6BrClO2/c1-5-2-3-7-6(4-5)9(12)8(11)10(13)14-7/h2-4H,1H3. The zero-order valence-corrected chi connectivity index (χ0v) is 9.65. The van der Waals surface area contributed by atoms with Crippen LogP contribution >= 0.6 is 27.5 Å². The van der Waals surface area contributed by atoms with Gasteiger partial charge in [0.05, 0.1) is 5.02 Å². The van der Waals surface area contributed by atoms with Gasteiger partial charge in [0, 0.05) is 5.39 Å². The molecular weight excluding hydrogens is 267 g/mol. The van der Waals surface area contributed by atoms with Crippen LogP contribution in [0.5, 0.6) is 0 Å². The number of hydrogen-bond donors (Lipinski definition) is 0. The van der Waals surface area contributed by atoms with Crippen LogP contribution in [-0.4, -0.2) is 0 Å². The number of halogens is 2. The number of benzene rings is 1. The van der Waals surface area contributed by atoms with Gasteiger partial charge in [0.2, 0.25) is 0 Å². The first-order valence-corrected chi connectivity index (χ1v) is 5.15. The van der Waals surface area contributed by atoms with Crippen molar-refractivity contribution in [2.24, 2.45) is 0 Å². The maximum Gasteiger partial charge on any atom is 0.352 e. The maximum atomic E-state index is 11.2. The Morgan fingerprint density at radius 2 is 2.14 bits per heavy atom. The van der Waals surface area contributed by atoms with Crippen LogP contribution in [0.2, 0.25) is 5.02 Å². The normalized spacial score (nSPS) is 10.8. The van der Waals surface area contributed by atoms with Crippen molar-refractivity contribution in [3.63, 3.8) is 0 Å². The van der Waals surface area contributed by atoms with Crippen molar-refractivity contribution < 1.29 is 4.42 Å². The van der Waals surface area contributed by atoms with Crippen LogP contribution in [0.25, 0.3) is 11.0 Å². The van der Waals surface area contributed by atoms with Gasteiger partial charge in [-0.25, -0.2) is 4.79 Å². The highest BCUT2D eigenvalue weighted by molar-refractivity contribution is 9.10. The van der Waals surface area contributed by atoms with Crippen molar-refractivity contribution in [3.05, 3.63) is 43.7 Å². The molecule has 0 aliphatic heterocycles. The lowest BCUT2D eigenvalue weighted by atomic mass is 10.2. The van der Waals surface area contributed by atoms with Gasteiger partial charge in [0.15, 0.2) is 0 Å². The molecule has 2 rings (SSSR count). The van der Waals surface area contributed by atoms with Gasteiger partial charge in [0.1, 0.15) is 10.1 Å². The van der Waals surface area contributed by atoms with Gasteiger partial charge in [-0.15, -0.1) is 0 Å². The first-order chi connectivity index (χ1) is 6.59. The lowest BCUT2D eigenvalue weighted by Crippen LogP contribution is -2.00. The summed E-state index contributed by atoms with van der Waals surface area (Å²) in [4.78, 5) is 11.2. The Bertz CT molecular complexity index is 560. The average Bonchev–Trinajstić information content (AvgIpc) is 2.16. The molecule has 1 aromatic heterocycles. The molecule has 0 aliphatic carbocycles. The quantitative estimate of drug-likeness (QED) is 0.688. The van der Waals surface area contributed by atoms with Crippen molar-refractivity contribution in [3.8, 4) is 0 Å². The summed E-state index contributed by atoms with van der Waals surface area (Å²) in [6.45, 7) is 1.95. The van der Waals surface area contributed by atoms with Gasteiger partial charge in [-0.3, -0.25) is 0 Å². The highest BCUT2D eigenvalue weighted by Crippen LogP contribution is 2.28. The molecule has 0 bridgehead atoms. The minimum atomic E-state index is -0.452. The largest absolute Gasteiger partial charge is 0.422 e. The molecule has 4 heteroatoms. The monoisotopic (exact) mass is 272 g/mol. The molecule has 1 aromatic carbocycles. The van der Waals surface area contributed by atoms with Crippen LogP contribution in [0.15, 0.2) is 31.9 Å². The third-order valence-corrected chi connectivity index (χ3v) is 3.29. The molecule has 0 saturated carbocycles. The number of aryl methyl sites for hydroxylation is 1. The van der Waals surface area contributed by atoms with Crippen LogP contribution in [0, 0.1) is 6.92 Å². The van der Waals surface area contributed by atoms with E-state index in [4.69, 9.17) is 16.0 Å². The minimum absolute atomic E-state index is 0.275. The fourth-order valence-corrected chi connectivity index (χ4v) is 1.78. The fraction of sp³-hybridized carbons (Fsp3) is 0.100. The average molecular weight is 274 g/mol. The molecule has 0 saturated heterocycles. The van der Waals surface area contributed by atoms with Crippen molar-refractivity contribution in [1.29, 1.82) is 0 Å². The molecule has 1 heterocycles. The Kier molecular flexibility index (Phi) is 2.37. The van der Waals surface area contributed by atoms with E-state index in [0.717, 1.165) is 10.9 Å². The Hall–Kier alpha value is -0.800. The minimum Gasteiger partial charge on any atom is -0.422 e. The van der Waals surface area contributed by atoms with E-state index in [0.29, 0.717) is 10.6 Å². The summed E-state index contributed by atoms with van der Waals surface area (Å²) in [5.41, 5.74) is 1.13. The van der Waals surface area contributed by atoms with Gasteiger partial charge < -0.3 is 4.42 Å². The van der Waals surface area contributed by atoms with Gasteiger partial charge >= 0.3 is 5.63 Å². The van der Waals surface area contributed by atoms with Crippen molar-refractivity contribution in [2.45, 2.75) is 6.92 Å². The molecule has 72 valence electrons. The molecule has 0 unspecified atom stereocenters. The van der Waals surface area contributed by atoms with E-state index in [2.05, 4.69) is 15.9 Å². The summed E-state index contributed by atoms with van der Waals surface area (Å²) in [6.07, 6.45) is 0. The zero-order valence-electron chi connectivity index (χ0n) is 7.30. The van der Waals surface area contributed by atoms with Crippen LogP contribution in [0.3, 0.4) is 0 Å². The number of rotatable bonds is 0. The van der Waals surface area contributed by atoms with E-state index in [9.17, 15) is 4.79 Å². The second-order valence-corrected chi connectivity index (χ2v) is 4.19. The van der Waals surface area contributed by atoms with Crippen molar-refractivity contribution in [2.75, 3.05) is 0 Å². The molecule has 2 nitrogen and oxygen atoms in total. The van der Waals surface area contributed by atoms with E-state index >= 15 is 0 Å². The summed E-state index contributed by atoms with van der Waals surface area (Å²) in [5.74, 6) is 0. The molecule has 0 fully saturated rings. The van der Waals surface area contributed by atoms with Crippen molar-refractivity contribution in [1.82, 2.24) is 0 Å². The van der Waals surface area contributed by atoms with E-state index in [-0.39, 0.29) is 4.47 Å². The SMILES string of the molecule is Cc1ccc2oc(=O)c(Br)c(Cl)c2c1. The Morgan fingerprint density at radius 3 is 2.86 bits per heavy atom. The molecule has 0 N–H and O–H groups in total. The molecule has 0 atom stereocenters. The molecule has 0 radical (unpaired) electrons. The van der Waals surface area contributed by atoms with E-state index < -0.39 is 5.63 Å². The molecular formula is C10H6BrClO2. The summed E-state index contributed by atoms with van der Waals surface area (Å²) in [5, 5.41) is 1.15. The number of fused-ring (bicyclic) bond motifs is 1. The molecule has 0 aliphatic rings. The van der Waals surface area contributed by atoms with Crippen LogP contribution in [0.1, 0.15) is 5.56 Å². The lowest BCUT2D eigenvalue weighted by Gasteiger charge is -2.01. The summed E-state index contributed by atoms with van der Waals surface area (Å²) >= 11 is 9.08. The van der Waals surface area contributed by atoms with E-state index in [1.807, 2.05) is 19.1 Å². The smallest absolute Gasteiger partial charge is 0.352 e. The number of hydrogen-bond acceptors (Lipinski definition) is 2. The van der Waals surface area contributed by atoms with Crippen LogP contribution in [0.4, 0.5) is 0 Å². The van der Waals surface area contributed by atoms with Crippen LogP contribution in [-0.2, 0) is 0 Å². The van der Waals surface area contributed by atoms with Gasteiger partial charge in [0.25, 0.3) is 0 Å². The second kappa shape index (κ2) is 3.41. The predicted octanol–water partition coefficient (Wildman–Crippen LogP) is 3.52. The lowest BCUT2D eigenvalue weighted by molar-refractivity contribution is 0.556. The van der Waals surface area contributed by atoms with E-state index in [1.54, 1.807) is 6.07 Å². The molecule has 2 aromatic rings. The third kappa shape index (κ3) is 1.47. The maximum absolute atomic E-state index is 11.2. The topological polar surface area (TPSA) is 30.2 Å². The molecule has 14 heavy (non-hydrogen) atoms. The molecule has 0 amide bonds. The zero-order chi connectivity index (χ0) is 10.3. The second-order valence-electron chi connectivity index (χ2n) is 3.02. The molecule has 0 spiro atoms. The van der Waals surface area contributed by atoms with Gasteiger partial charge in [-0.1, -0.05) is 23.2 Å². The summed E-state index contributed by atoms with van der Waals surface area (Å²) in [6, 6.07) is 5.49. The van der Waals surface area contributed by atoms with Crippen molar-refractivity contribution >= 4 is 38.5 Å².